The summed E-state index contributed by atoms with van der Waals surface area (Å²) < 4.78 is 6.33. The first-order chi connectivity index (χ1) is 15.9. The van der Waals surface area contributed by atoms with Gasteiger partial charge in [0.15, 0.2) is 5.69 Å². The number of amides is 1. The molecule has 168 valence electrons. The molecule has 1 amide bonds. The SMILES string of the molecule is CCOC(=O)c1nn(-c2cccc(C)c2)c(=O)c2c(NC(=O)Cc3ccc(Cl)cc3)scc12. The van der Waals surface area contributed by atoms with Crippen molar-refractivity contribution in [2.75, 3.05) is 11.9 Å². The van der Waals surface area contributed by atoms with E-state index in [-0.39, 0.29) is 30.0 Å². The Morgan fingerprint density at radius 1 is 1.18 bits per heavy atom. The van der Waals surface area contributed by atoms with Gasteiger partial charge in [-0.25, -0.2) is 4.79 Å². The number of nitrogens with zero attached hydrogens (tertiary/aromatic N) is 2. The highest BCUT2D eigenvalue weighted by atomic mass is 35.5. The van der Waals surface area contributed by atoms with Crippen molar-refractivity contribution in [1.82, 2.24) is 9.78 Å². The zero-order valence-electron chi connectivity index (χ0n) is 17.9. The van der Waals surface area contributed by atoms with Crippen LogP contribution in [-0.2, 0) is 16.0 Å². The van der Waals surface area contributed by atoms with E-state index in [0.717, 1.165) is 22.5 Å². The highest BCUT2D eigenvalue weighted by molar-refractivity contribution is 7.16. The molecule has 0 unspecified atom stereocenters. The summed E-state index contributed by atoms with van der Waals surface area (Å²) in [6.45, 7) is 3.76. The Balaban J connectivity index is 1.79. The fourth-order valence-electron chi connectivity index (χ4n) is 3.39. The van der Waals surface area contributed by atoms with E-state index in [9.17, 15) is 14.4 Å². The number of thiophene rings is 1. The number of hydrogen-bond acceptors (Lipinski definition) is 6. The minimum Gasteiger partial charge on any atom is -0.461 e. The molecule has 2 aromatic carbocycles. The number of benzene rings is 2. The highest BCUT2D eigenvalue weighted by Gasteiger charge is 2.23. The Morgan fingerprint density at radius 2 is 1.94 bits per heavy atom. The van der Waals surface area contributed by atoms with Crippen LogP contribution in [0.2, 0.25) is 5.02 Å². The number of halogens is 1. The standard InChI is InChI=1S/C24H20ClN3O4S/c1-3-32-24(31)21-18-13-33-22(26-19(29)12-15-7-9-16(25)10-8-15)20(18)23(30)28(27-21)17-6-4-5-14(2)11-17/h4-11,13H,3,12H2,1-2H3,(H,26,29). The van der Waals surface area contributed by atoms with Gasteiger partial charge >= 0.3 is 5.97 Å². The molecule has 0 aliphatic heterocycles. The fourth-order valence-corrected chi connectivity index (χ4v) is 4.46. The van der Waals surface area contributed by atoms with Crippen molar-refractivity contribution >= 4 is 50.6 Å². The van der Waals surface area contributed by atoms with Crippen LogP contribution >= 0.6 is 22.9 Å². The van der Waals surface area contributed by atoms with Crippen molar-refractivity contribution in [2.24, 2.45) is 0 Å². The molecule has 0 bridgehead atoms. The van der Waals surface area contributed by atoms with E-state index in [4.69, 9.17) is 16.3 Å². The van der Waals surface area contributed by atoms with Crippen molar-refractivity contribution in [3.05, 3.63) is 86.1 Å². The van der Waals surface area contributed by atoms with E-state index in [1.807, 2.05) is 13.0 Å². The van der Waals surface area contributed by atoms with E-state index in [1.54, 1.807) is 54.8 Å². The van der Waals surface area contributed by atoms with E-state index in [0.29, 0.717) is 21.1 Å². The topological polar surface area (TPSA) is 90.3 Å². The van der Waals surface area contributed by atoms with Crippen molar-refractivity contribution in [2.45, 2.75) is 20.3 Å². The Labute approximate surface area is 198 Å². The lowest BCUT2D eigenvalue weighted by molar-refractivity contribution is -0.115. The first kappa shape index (κ1) is 22.7. The average molecular weight is 482 g/mol. The van der Waals surface area contributed by atoms with Crippen molar-refractivity contribution in [3.8, 4) is 5.69 Å². The van der Waals surface area contributed by atoms with E-state index >= 15 is 0 Å². The van der Waals surface area contributed by atoms with Gasteiger partial charge in [0.05, 0.1) is 24.1 Å². The molecule has 7 nitrogen and oxygen atoms in total. The lowest BCUT2D eigenvalue weighted by atomic mass is 10.1. The van der Waals surface area contributed by atoms with Gasteiger partial charge in [0.25, 0.3) is 5.56 Å². The predicted molar refractivity (Wildman–Crippen MR) is 130 cm³/mol. The van der Waals surface area contributed by atoms with Gasteiger partial charge in [-0.15, -0.1) is 11.3 Å². The third kappa shape index (κ3) is 4.81. The fraction of sp³-hybridized carbons (Fsp3) is 0.167. The second-order valence-electron chi connectivity index (χ2n) is 7.33. The average Bonchev–Trinajstić information content (AvgIpc) is 3.19. The molecule has 1 N–H and O–H groups in total. The summed E-state index contributed by atoms with van der Waals surface area (Å²) in [6.07, 6.45) is 0.110. The summed E-state index contributed by atoms with van der Waals surface area (Å²) in [5, 5.41) is 10.2. The van der Waals surface area contributed by atoms with Crippen molar-refractivity contribution in [1.29, 1.82) is 0 Å². The molecule has 33 heavy (non-hydrogen) atoms. The van der Waals surface area contributed by atoms with Gasteiger partial charge in [-0.3, -0.25) is 9.59 Å². The summed E-state index contributed by atoms with van der Waals surface area (Å²) in [4.78, 5) is 38.7. The summed E-state index contributed by atoms with van der Waals surface area (Å²) in [6, 6.07) is 14.2. The third-order valence-corrected chi connectivity index (χ3v) is 6.05. The first-order valence-electron chi connectivity index (χ1n) is 10.2. The van der Waals surface area contributed by atoms with Gasteiger partial charge in [-0.2, -0.15) is 9.78 Å². The quantitative estimate of drug-likeness (QED) is 0.401. The third-order valence-electron chi connectivity index (χ3n) is 4.90. The van der Waals surface area contributed by atoms with Gasteiger partial charge in [0.2, 0.25) is 5.91 Å². The van der Waals surface area contributed by atoms with Gasteiger partial charge in [0, 0.05) is 15.8 Å². The number of aromatic nitrogens is 2. The molecule has 0 aliphatic rings. The molecule has 0 radical (unpaired) electrons. The Bertz CT molecular complexity index is 1410. The van der Waals surface area contributed by atoms with E-state index in [1.165, 1.54) is 4.68 Å². The number of hydrogen-bond donors (Lipinski definition) is 1. The maximum Gasteiger partial charge on any atom is 0.359 e. The van der Waals surface area contributed by atoms with Crippen LogP contribution in [0.4, 0.5) is 5.00 Å². The second kappa shape index (κ2) is 9.56. The van der Waals surface area contributed by atoms with E-state index in [2.05, 4.69) is 10.4 Å². The maximum absolute atomic E-state index is 13.4. The van der Waals surface area contributed by atoms with Crippen LogP contribution in [0.3, 0.4) is 0 Å². The number of fused-ring (bicyclic) bond motifs is 1. The zero-order valence-corrected chi connectivity index (χ0v) is 19.5. The van der Waals surface area contributed by atoms with E-state index < -0.39 is 11.5 Å². The van der Waals surface area contributed by atoms with Crippen LogP contribution in [0.15, 0.2) is 58.7 Å². The lowest BCUT2D eigenvalue weighted by Crippen LogP contribution is -2.25. The van der Waals surface area contributed by atoms with Gasteiger partial charge in [-0.05, 0) is 49.2 Å². The van der Waals surface area contributed by atoms with Crippen LogP contribution in [0, 0.1) is 6.92 Å². The summed E-state index contributed by atoms with van der Waals surface area (Å²) in [5.74, 6) is -0.933. The monoisotopic (exact) mass is 481 g/mol. The van der Waals surface area contributed by atoms with Crippen LogP contribution in [0.5, 0.6) is 0 Å². The normalized spacial score (nSPS) is 10.9. The second-order valence-corrected chi connectivity index (χ2v) is 8.65. The summed E-state index contributed by atoms with van der Waals surface area (Å²) in [5.41, 5.74) is 1.80. The lowest BCUT2D eigenvalue weighted by Gasteiger charge is -2.10. The first-order valence-corrected chi connectivity index (χ1v) is 11.5. The van der Waals surface area contributed by atoms with Gasteiger partial charge < -0.3 is 10.1 Å². The predicted octanol–water partition coefficient (Wildman–Crippen LogP) is 4.77. The number of nitrogens with one attached hydrogen (secondary N) is 1. The van der Waals surface area contributed by atoms with Gasteiger partial charge in [0.1, 0.15) is 5.00 Å². The molecular weight excluding hydrogens is 462 g/mol. The molecule has 2 aromatic heterocycles. The molecule has 0 saturated carbocycles. The number of anilines is 1. The molecule has 2 heterocycles. The molecule has 4 aromatic rings. The number of carbonyl (C=O) groups excluding carboxylic acids is 2. The molecule has 0 spiro atoms. The molecular formula is C24H20ClN3O4S. The number of rotatable bonds is 6. The molecule has 4 rings (SSSR count). The Morgan fingerprint density at radius 3 is 2.64 bits per heavy atom. The zero-order chi connectivity index (χ0) is 23.5. The summed E-state index contributed by atoms with van der Waals surface area (Å²) >= 11 is 7.07. The highest BCUT2D eigenvalue weighted by Crippen LogP contribution is 2.31. The molecule has 0 fully saturated rings. The minimum absolute atomic E-state index is 0.0161. The molecule has 0 atom stereocenters. The maximum atomic E-state index is 13.4. The van der Waals surface area contributed by atoms with Crippen LogP contribution in [0.1, 0.15) is 28.5 Å². The number of aryl methyl sites for hydroxylation is 1. The Kier molecular flexibility index (Phi) is 6.57. The van der Waals surface area contributed by atoms with Gasteiger partial charge in [-0.1, -0.05) is 35.9 Å². The molecule has 0 aliphatic carbocycles. The minimum atomic E-state index is -0.638. The smallest absolute Gasteiger partial charge is 0.359 e. The Hall–Kier alpha value is -3.49. The van der Waals surface area contributed by atoms with Crippen molar-refractivity contribution < 1.29 is 14.3 Å². The van der Waals surface area contributed by atoms with Crippen LogP contribution in [0.25, 0.3) is 16.5 Å². The number of carbonyl (C=O) groups is 2. The number of esters is 1. The molecule has 9 heteroatoms. The largest absolute Gasteiger partial charge is 0.461 e. The summed E-state index contributed by atoms with van der Waals surface area (Å²) in [7, 11) is 0. The van der Waals surface area contributed by atoms with Crippen molar-refractivity contribution in [3.63, 3.8) is 0 Å². The van der Waals surface area contributed by atoms with Crippen LogP contribution in [-0.4, -0.2) is 28.3 Å². The van der Waals surface area contributed by atoms with Crippen LogP contribution < -0.4 is 10.9 Å². The molecule has 0 saturated heterocycles. The number of ether oxygens (including phenoxy) is 1.